The Hall–Kier alpha value is 1.87. The van der Waals surface area contributed by atoms with Crippen LogP contribution in [-0.4, -0.2) is 32.3 Å². The Morgan fingerprint density at radius 2 is 1.90 bits per heavy atom. The van der Waals surface area contributed by atoms with Crippen LogP contribution < -0.4 is 64.4 Å². The molecule has 0 aromatic rings. The molecule has 0 amide bonds. The van der Waals surface area contributed by atoms with Gasteiger partial charge in [-0.15, -0.1) is 0 Å². The van der Waals surface area contributed by atoms with Gasteiger partial charge in [-0.3, -0.25) is 4.55 Å². The summed E-state index contributed by atoms with van der Waals surface area (Å²) in [5, 5.41) is 2.59. The number of rotatable bonds is 3. The predicted molar refractivity (Wildman–Crippen MR) is 32.6 cm³/mol. The summed E-state index contributed by atoms with van der Waals surface area (Å²) < 4.78 is 27.9. The topological polar surface area (TPSA) is 66.4 Å². The van der Waals surface area contributed by atoms with E-state index in [0.717, 1.165) is 0 Å². The molecule has 0 saturated carbocycles. The second-order valence-corrected chi connectivity index (χ2v) is 2.96. The summed E-state index contributed by atoms with van der Waals surface area (Å²) in [5.74, 6) is -0.219. The molecule has 0 rings (SSSR count). The Morgan fingerprint density at radius 3 is 2.00 bits per heavy atom. The third-order valence-electron chi connectivity index (χ3n) is 0.610. The van der Waals surface area contributed by atoms with Gasteiger partial charge in [0.1, 0.15) is 0 Å². The van der Waals surface area contributed by atoms with Crippen molar-refractivity contribution in [3.8, 4) is 0 Å². The fraction of sp³-hybridized carbons (Fsp3) is 1.00. The van der Waals surface area contributed by atoms with Crippen LogP contribution in [0.4, 0.5) is 0 Å². The van der Waals surface area contributed by atoms with Gasteiger partial charge in [0, 0.05) is 6.54 Å². The molecule has 4 nitrogen and oxygen atoms in total. The van der Waals surface area contributed by atoms with Crippen molar-refractivity contribution in [1.29, 1.82) is 0 Å². The number of nitrogens with one attached hydrogen (secondary N) is 1. The van der Waals surface area contributed by atoms with E-state index in [2.05, 4.69) is 5.32 Å². The van der Waals surface area contributed by atoms with Crippen molar-refractivity contribution in [2.45, 2.75) is 0 Å². The van der Waals surface area contributed by atoms with Crippen molar-refractivity contribution >= 4 is 10.1 Å². The third-order valence-corrected chi connectivity index (χ3v) is 1.33. The molecule has 54 valence electrons. The van der Waals surface area contributed by atoms with Gasteiger partial charge in [0.15, 0.2) is 0 Å². The average Bonchev–Trinajstić information content (AvgIpc) is 1.59. The van der Waals surface area contributed by atoms with Crippen LogP contribution in [0.2, 0.25) is 0 Å². The molecule has 0 aliphatic rings. The van der Waals surface area contributed by atoms with Gasteiger partial charge in [0.05, 0.1) is 5.75 Å². The van der Waals surface area contributed by atoms with Gasteiger partial charge in [-0.25, -0.2) is 0 Å². The van der Waals surface area contributed by atoms with Crippen LogP contribution >= 0.6 is 0 Å². The fourth-order valence-corrected chi connectivity index (χ4v) is 0.693. The first-order valence-corrected chi connectivity index (χ1v) is 3.77. The first-order chi connectivity index (χ1) is 3.56. The molecule has 0 fully saturated rings. The van der Waals surface area contributed by atoms with Crippen LogP contribution in [0.3, 0.4) is 0 Å². The molecule has 0 radical (unpaired) electrons. The van der Waals surface area contributed by atoms with E-state index >= 15 is 0 Å². The summed E-state index contributed by atoms with van der Waals surface area (Å²) in [5.41, 5.74) is 0. The van der Waals surface area contributed by atoms with Gasteiger partial charge in [-0.2, -0.15) is 8.42 Å². The van der Waals surface area contributed by atoms with Crippen LogP contribution in [0.1, 0.15) is 2.85 Å². The van der Waals surface area contributed by atoms with Gasteiger partial charge >= 0.3 is 59.1 Å². The van der Waals surface area contributed by atoms with Crippen molar-refractivity contribution in [3.63, 3.8) is 0 Å². The van der Waals surface area contributed by atoms with Crippen molar-refractivity contribution in [1.82, 2.24) is 5.32 Å². The molecule has 0 aromatic heterocycles. The number of hydrogen-bond donors (Lipinski definition) is 2. The molecule has 10 heavy (non-hydrogen) atoms. The molecular weight excluding hydrogens is 176 g/mol. The van der Waals surface area contributed by atoms with Crippen LogP contribution in [0.25, 0.3) is 0 Å². The monoisotopic (exact) mass is 187 g/mol. The van der Waals surface area contributed by atoms with Crippen molar-refractivity contribution in [2.24, 2.45) is 0 Å². The molecule has 0 aliphatic heterocycles. The van der Waals surface area contributed by atoms with Gasteiger partial charge in [0.2, 0.25) is 0 Å². The first-order valence-electron chi connectivity index (χ1n) is 2.16. The minimum atomic E-state index is -3.75. The Morgan fingerprint density at radius 1 is 1.50 bits per heavy atom. The Kier molecular flexibility index (Phi) is 16.0. The second-order valence-electron chi connectivity index (χ2n) is 1.39. The van der Waals surface area contributed by atoms with E-state index in [-0.39, 0.29) is 67.7 Å². The first kappa shape index (κ1) is 17.8. The predicted octanol–water partition coefficient (Wildman–Crippen LogP) is -6.67. The minimum Gasteiger partial charge on any atom is -1.00 e. The fourth-order valence-electron chi connectivity index (χ4n) is 0.231. The molecular formula is C3H11NNa2O3S. The van der Waals surface area contributed by atoms with Crippen molar-refractivity contribution in [2.75, 3.05) is 19.3 Å². The zero-order valence-electron chi connectivity index (χ0n) is 8.59. The quantitative estimate of drug-likeness (QED) is 0.340. The van der Waals surface area contributed by atoms with Crippen molar-refractivity contribution in [3.05, 3.63) is 0 Å². The normalized spacial score (nSPS) is 9.40. The van der Waals surface area contributed by atoms with Crippen LogP contribution in [0.15, 0.2) is 0 Å². The van der Waals surface area contributed by atoms with Crippen LogP contribution in [-0.2, 0) is 10.1 Å². The summed E-state index contributed by atoms with van der Waals surface area (Å²) in [6, 6.07) is 0. The summed E-state index contributed by atoms with van der Waals surface area (Å²) in [4.78, 5) is 0. The number of hydrogen-bond acceptors (Lipinski definition) is 3. The maximum atomic E-state index is 9.91. The molecule has 0 bridgehead atoms. The Labute approximate surface area is 108 Å². The minimum absolute atomic E-state index is 0. The summed E-state index contributed by atoms with van der Waals surface area (Å²) in [6.07, 6.45) is 0. The molecule has 7 heteroatoms. The van der Waals surface area contributed by atoms with Gasteiger partial charge < -0.3 is 8.17 Å². The molecule has 0 unspecified atom stereocenters. The van der Waals surface area contributed by atoms with E-state index in [1.807, 2.05) is 0 Å². The maximum Gasteiger partial charge on any atom is 1.00 e. The Bertz CT molecular complexity index is 154. The zero-order chi connectivity index (χ0) is 6.62. The smallest absolute Gasteiger partial charge is 1.00 e. The summed E-state index contributed by atoms with van der Waals surface area (Å²) >= 11 is 0. The Balaban J connectivity index is -0.0000000408. The van der Waals surface area contributed by atoms with E-state index in [0.29, 0.717) is 6.54 Å². The zero-order valence-corrected chi connectivity index (χ0v) is 11.4. The average molecular weight is 187 g/mol. The largest absolute Gasteiger partial charge is 1.00 e. The van der Waals surface area contributed by atoms with Crippen molar-refractivity contribution < 1.29 is 74.9 Å². The molecule has 0 spiro atoms. The standard InChI is InChI=1S/C3H9NO3S.2Na.2H/c1-4-2-3-8(5,6)7;;;;/h4H,2-3H2,1H3,(H,5,6,7);;;;/q;2*+1;2*-1. The molecule has 0 atom stereocenters. The van der Waals surface area contributed by atoms with Gasteiger partial charge in [-0.05, 0) is 7.05 Å². The molecule has 2 N–H and O–H groups in total. The third kappa shape index (κ3) is 16.5. The van der Waals surface area contributed by atoms with E-state index in [1.54, 1.807) is 7.05 Å². The van der Waals surface area contributed by atoms with E-state index in [4.69, 9.17) is 4.55 Å². The van der Waals surface area contributed by atoms with Crippen LogP contribution in [0.5, 0.6) is 0 Å². The summed E-state index contributed by atoms with van der Waals surface area (Å²) in [6.45, 7) is 0.291. The summed E-state index contributed by atoms with van der Waals surface area (Å²) in [7, 11) is -2.13. The second kappa shape index (κ2) is 8.96. The molecule has 0 saturated heterocycles. The van der Waals surface area contributed by atoms with Gasteiger partial charge in [0.25, 0.3) is 10.1 Å². The SMILES string of the molecule is CNCCS(=O)(=O)O.[H-].[H-].[Na+].[Na+]. The molecule has 0 aromatic carbocycles. The van der Waals surface area contributed by atoms with Crippen LogP contribution in [0, 0.1) is 0 Å². The molecule has 0 aliphatic carbocycles. The van der Waals surface area contributed by atoms with E-state index < -0.39 is 10.1 Å². The van der Waals surface area contributed by atoms with E-state index in [9.17, 15) is 8.42 Å². The maximum absolute atomic E-state index is 9.91. The molecule has 0 heterocycles. The van der Waals surface area contributed by atoms with Gasteiger partial charge in [-0.1, -0.05) is 0 Å². The van der Waals surface area contributed by atoms with E-state index in [1.165, 1.54) is 0 Å².